The van der Waals surface area contributed by atoms with E-state index in [0.29, 0.717) is 0 Å². The number of ether oxygens (including phenoxy) is 1. The van der Waals surface area contributed by atoms with E-state index in [-0.39, 0.29) is 24.7 Å². The first-order valence-electron chi connectivity index (χ1n) is 7.52. The van der Waals surface area contributed by atoms with Gasteiger partial charge in [-0.3, -0.25) is 14.9 Å². The lowest BCUT2D eigenvalue weighted by Crippen LogP contribution is -2.31. The molecule has 1 amide bonds. The molecule has 1 heterocycles. The molecule has 11 nitrogen and oxygen atoms in total. The summed E-state index contributed by atoms with van der Waals surface area (Å²) in [4.78, 5) is 46.2. The van der Waals surface area contributed by atoms with Crippen LogP contribution in [0, 0.1) is 21.7 Å². The van der Waals surface area contributed by atoms with Crippen LogP contribution in [-0.4, -0.2) is 64.7 Å². The zero-order valence-corrected chi connectivity index (χ0v) is 14.2. The van der Waals surface area contributed by atoms with E-state index < -0.39 is 63.6 Å². The Labute approximate surface area is 155 Å². The van der Waals surface area contributed by atoms with E-state index >= 15 is 0 Å². The lowest BCUT2D eigenvalue weighted by Gasteiger charge is -2.15. The third-order valence-corrected chi connectivity index (χ3v) is 3.82. The van der Waals surface area contributed by atoms with Gasteiger partial charge in [0.1, 0.15) is 11.3 Å². The number of carbonyl (C=O) groups is 3. The molecule has 1 aliphatic heterocycles. The number of halogens is 2. The van der Waals surface area contributed by atoms with Gasteiger partial charge in [0.05, 0.1) is 30.8 Å². The number of rotatable bonds is 7. The summed E-state index contributed by atoms with van der Waals surface area (Å²) in [6.45, 7) is -1.02. The fourth-order valence-electron chi connectivity index (χ4n) is 2.51. The van der Waals surface area contributed by atoms with Crippen molar-refractivity contribution in [3.8, 4) is 0 Å². The van der Waals surface area contributed by atoms with Crippen LogP contribution < -0.4 is 5.32 Å². The van der Waals surface area contributed by atoms with Crippen molar-refractivity contribution in [3.63, 3.8) is 0 Å². The van der Waals surface area contributed by atoms with Crippen molar-refractivity contribution in [2.75, 3.05) is 32.1 Å². The first-order chi connectivity index (χ1) is 13.1. The number of anilines is 1. The average Bonchev–Trinajstić information content (AvgIpc) is 2.94. The maximum atomic E-state index is 14.4. The minimum Gasteiger partial charge on any atom is -0.478 e. The monoisotopic (exact) mass is 401 g/mol. The van der Waals surface area contributed by atoms with E-state index in [9.17, 15) is 33.3 Å². The summed E-state index contributed by atoms with van der Waals surface area (Å²) in [7, 11) is 0.997. The number of β-amino-alcohol motifs (C(OH)–C–C–N with tert-alkyl or cyclic N) is 1. The highest BCUT2D eigenvalue weighted by molar-refractivity contribution is 6.09. The molecule has 3 N–H and O–H groups in total. The summed E-state index contributed by atoms with van der Waals surface area (Å²) >= 11 is 0. The highest BCUT2D eigenvalue weighted by Gasteiger charge is 2.37. The summed E-state index contributed by atoms with van der Waals surface area (Å²) in [5, 5.41) is 31.1. The molecule has 13 heteroatoms. The predicted octanol–water partition coefficient (Wildman–Crippen LogP) is 0.245. The van der Waals surface area contributed by atoms with Gasteiger partial charge in [-0.1, -0.05) is 0 Å². The average molecular weight is 401 g/mol. The number of aliphatic hydroxyl groups excluding tert-OH is 1. The Morgan fingerprint density at radius 3 is 2.54 bits per heavy atom. The molecule has 0 atom stereocenters. The number of nitrogens with zero attached hydrogens (tertiary/aromatic N) is 2. The minimum atomic E-state index is -1.94. The van der Waals surface area contributed by atoms with Crippen molar-refractivity contribution in [2.45, 2.75) is 0 Å². The zero-order valence-electron chi connectivity index (χ0n) is 14.2. The number of aliphatic hydroxyl groups is 1. The van der Waals surface area contributed by atoms with Crippen LogP contribution in [-0.2, 0) is 14.3 Å². The molecule has 0 fully saturated rings. The molecule has 2 rings (SSSR count). The number of esters is 1. The van der Waals surface area contributed by atoms with E-state index in [4.69, 9.17) is 10.2 Å². The van der Waals surface area contributed by atoms with Crippen LogP contribution in [0.15, 0.2) is 17.3 Å². The van der Waals surface area contributed by atoms with Crippen LogP contribution in [0.3, 0.4) is 0 Å². The molecule has 28 heavy (non-hydrogen) atoms. The van der Waals surface area contributed by atoms with Crippen molar-refractivity contribution < 1.29 is 43.0 Å². The SMILES string of the molecule is COC(=O)C1=C(Nc2c([N+](=O)[O-])cc(C(=O)O)c(F)c2F)C(=O)N(CCO)C1. The third kappa shape index (κ3) is 3.59. The van der Waals surface area contributed by atoms with Gasteiger partial charge in [-0.2, -0.15) is 0 Å². The number of nitrogens with one attached hydrogen (secondary N) is 1. The quantitative estimate of drug-likeness (QED) is 0.330. The van der Waals surface area contributed by atoms with E-state index in [1.54, 1.807) is 0 Å². The van der Waals surface area contributed by atoms with Gasteiger partial charge in [0.2, 0.25) is 0 Å². The fourth-order valence-corrected chi connectivity index (χ4v) is 2.51. The molecule has 0 unspecified atom stereocenters. The number of amides is 1. The van der Waals surface area contributed by atoms with Gasteiger partial charge in [-0.15, -0.1) is 0 Å². The molecule has 1 aromatic rings. The molecule has 1 aromatic carbocycles. The number of aromatic carboxylic acids is 1. The molecule has 150 valence electrons. The van der Waals surface area contributed by atoms with Gasteiger partial charge in [0.15, 0.2) is 17.3 Å². The first-order valence-corrected chi connectivity index (χ1v) is 7.52. The lowest BCUT2D eigenvalue weighted by atomic mass is 10.1. The van der Waals surface area contributed by atoms with Crippen LogP contribution >= 0.6 is 0 Å². The Morgan fingerprint density at radius 1 is 1.39 bits per heavy atom. The summed E-state index contributed by atoms with van der Waals surface area (Å²) in [6.07, 6.45) is 0. The van der Waals surface area contributed by atoms with Crippen molar-refractivity contribution in [3.05, 3.63) is 44.6 Å². The van der Waals surface area contributed by atoms with Crippen LogP contribution in [0.1, 0.15) is 10.4 Å². The summed E-state index contributed by atoms with van der Waals surface area (Å²) in [5.41, 5.74) is -4.54. The second-order valence-corrected chi connectivity index (χ2v) is 5.43. The number of methoxy groups -OCH3 is 1. The molecular formula is C15H13F2N3O8. The maximum absolute atomic E-state index is 14.4. The number of nitro benzene ring substituents is 1. The highest BCUT2D eigenvalue weighted by atomic mass is 19.2. The number of carboxylic acids is 1. The Balaban J connectivity index is 2.63. The van der Waals surface area contributed by atoms with E-state index in [1.807, 2.05) is 5.32 Å². The van der Waals surface area contributed by atoms with Gasteiger partial charge in [-0.05, 0) is 0 Å². The van der Waals surface area contributed by atoms with Gasteiger partial charge in [-0.25, -0.2) is 18.4 Å². The summed E-state index contributed by atoms with van der Waals surface area (Å²) < 4.78 is 32.9. The number of nitro groups is 1. The smallest absolute Gasteiger partial charge is 0.339 e. The van der Waals surface area contributed by atoms with Gasteiger partial charge >= 0.3 is 11.9 Å². The topological polar surface area (TPSA) is 159 Å². The third-order valence-electron chi connectivity index (χ3n) is 3.82. The maximum Gasteiger partial charge on any atom is 0.339 e. The summed E-state index contributed by atoms with van der Waals surface area (Å²) in [5.74, 6) is -7.69. The van der Waals surface area contributed by atoms with Crippen LogP contribution in [0.25, 0.3) is 0 Å². The van der Waals surface area contributed by atoms with Crippen molar-refractivity contribution >= 4 is 29.2 Å². The predicted molar refractivity (Wildman–Crippen MR) is 86.3 cm³/mol. The van der Waals surface area contributed by atoms with E-state index in [2.05, 4.69) is 4.74 Å². The molecule has 0 spiro atoms. The van der Waals surface area contributed by atoms with E-state index in [0.717, 1.165) is 12.0 Å². The molecule has 0 radical (unpaired) electrons. The van der Waals surface area contributed by atoms with Crippen molar-refractivity contribution in [1.29, 1.82) is 0 Å². The number of hydrogen-bond acceptors (Lipinski definition) is 8. The largest absolute Gasteiger partial charge is 0.478 e. The normalized spacial score (nSPS) is 13.7. The fraction of sp³-hybridized carbons (Fsp3) is 0.267. The van der Waals surface area contributed by atoms with Gasteiger partial charge in [0.25, 0.3) is 11.6 Å². The molecule has 0 saturated heterocycles. The Kier molecular flexibility index (Phi) is 5.88. The van der Waals surface area contributed by atoms with Gasteiger partial charge in [0, 0.05) is 12.6 Å². The highest BCUT2D eigenvalue weighted by Crippen LogP contribution is 2.34. The van der Waals surface area contributed by atoms with E-state index in [1.165, 1.54) is 0 Å². The van der Waals surface area contributed by atoms with Crippen molar-refractivity contribution in [2.24, 2.45) is 0 Å². The molecule has 0 bridgehead atoms. The number of benzene rings is 1. The molecule has 1 aliphatic rings. The van der Waals surface area contributed by atoms with Crippen LogP contribution in [0.2, 0.25) is 0 Å². The Morgan fingerprint density at radius 2 is 2.04 bits per heavy atom. The second-order valence-electron chi connectivity index (χ2n) is 5.43. The molecule has 0 saturated carbocycles. The Bertz CT molecular complexity index is 915. The number of hydrogen-bond donors (Lipinski definition) is 3. The molecule has 0 aromatic heterocycles. The van der Waals surface area contributed by atoms with Crippen LogP contribution in [0.5, 0.6) is 0 Å². The van der Waals surface area contributed by atoms with Crippen LogP contribution in [0.4, 0.5) is 20.2 Å². The van der Waals surface area contributed by atoms with Crippen molar-refractivity contribution in [1.82, 2.24) is 4.90 Å². The Hall–Kier alpha value is -3.61. The lowest BCUT2D eigenvalue weighted by molar-refractivity contribution is -0.384. The number of carbonyl (C=O) groups excluding carboxylic acids is 2. The first kappa shape index (κ1) is 20.7. The summed E-state index contributed by atoms with van der Waals surface area (Å²) in [6, 6.07) is 0.284. The standard InChI is InChI=1S/C15H13F2N3O8/c1-28-15(25)7-5-19(2-3-21)13(22)11(7)18-12-8(20(26)27)4-6(14(23)24)9(16)10(12)17/h4,18,21H,2-3,5H2,1H3,(H,23,24). The minimum absolute atomic E-state index is 0.207. The number of carboxylic acid groups (broad SMARTS) is 1. The molecule has 0 aliphatic carbocycles. The van der Waals surface area contributed by atoms with Gasteiger partial charge < -0.3 is 25.2 Å². The molecular weight excluding hydrogens is 388 g/mol. The zero-order chi connectivity index (χ0) is 21.2. The second kappa shape index (κ2) is 7.96.